The quantitative estimate of drug-likeness (QED) is 0.605. The molecule has 1 aromatic heterocycles. The van der Waals surface area contributed by atoms with E-state index in [2.05, 4.69) is 4.98 Å². The number of thioether (sulfide) groups is 2. The first-order valence-corrected chi connectivity index (χ1v) is 6.65. The molecule has 14 heavy (non-hydrogen) atoms. The first-order chi connectivity index (χ1) is 6.69. The molecule has 0 fully saturated rings. The Morgan fingerprint density at radius 3 is 2.86 bits per heavy atom. The van der Waals surface area contributed by atoms with Crippen molar-refractivity contribution >= 4 is 40.2 Å². The summed E-state index contributed by atoms with van der Waals surface area (Å²) in [6, 6.07) is 3.55. The van der Waals surface area contributed by atoms with Crippen molar-refractivity contribution in [1.29, 1.82) is 0 Å². The van der Waals surface area contributed by atoms with Gasteiger partial charge >= 0.3 is 0 Å². The number of aromatic nitrogens is 1. The molecule has 0 N–H and O–H groups in total. The van der Waals surface area contributed by atoms with Crippen molar-refractivity contribution in [2.75, 3.05) is 12.0 Å². The fourth-order valence-corrected chi connectivity index (χ4v) is 2.25. The van der Waals surface area contributed by atoms with Gasteiger partial charge in [0.25, 0.3) is 0 Å². The maximum Gasteiger partial charge on any atom is 0.238 e. The van der Waals surface area contributed by atoms with Gasteiger partial charge in [0.15, 0.2) is 0 Å². The molecule has 2 nitrogen and oxygen atoms in total. The van der Waals surface area contributed by atoms with Gasteiger partial charge in [0, 0.05) is 4.90 Å². The molecule has 0 saturated heterocycles. The minimum absolute atomic E-state index is 0.0385. The highest BCUT2D eigenvalue weighted by atomic mass is 35.5. The SMILES string of the molecule is CCSc1ccc(Cl)nc1C(=O)SC. The first-order valence-electron chi connectivity index (χ1n) is 4.06. The van der Waals surface area contributed by atoms with Crippen LogP contribution in [0.2, 0.25) is 5.15 Å². The molecule has 76 valence electrons. The third-order valence-corrected chi connectivity index (χ3v) is 3.21. The summed E-state index contributed by atoms with van der Waals surface area (Å²) in [5.74, 6) is 0.915. The van der Waals surface area contributed by atoms with Gasteiger partial charge in [-0.2, -0.15) is 0 Å². The molecule has 0 aromatic carbocycles. The van der Waals surface area contributed by atoms with Crippen molar-refractivity contribution in [2.45, 2.75) is 11.8 Å². The Labute approximate surface area is 96.8 Å². The van der Waals surface area contributed by atoms with E-state index < -0.39 is 0 Å². The number of carbonyl (C=O) groups excluding carboxylic acids is 1. The predicted octanol–water partition coefficient (Wildman–Crippen LogP) is 3.35. The maximum atomic E-state index is 11.5. The number of hydrogen-bond donors (Lipinski definition) is 0. The summed E-state index contributed by atoms with van der Waals surface area (Å²) in [6.07, 6.45) is 1.74. The van der Waals surface area contributed by atoms with Gasteiger partial charge in [-0.25, -0.2) is 4.98 Å². The van der Waals surface area contributed by atoms with Gasteiger partial charge in [0.2, 0.25) is 5.12 Å². The Bertz CT molecular complexity index is 344. The van der Waals surface area contributed by atoms with Crippen LogP contribution in [-0.2, 0) is 0 Å². The second-order valence-corrected chi connectivity index (χ2v) is 4.88. The molecule has 0 radical (unpaired) electrons. The van der Waals surface area contributed by atoms with Crippen LogP contribution >= 0.6 is 35.1 Å². The lowest BCUT2D eigenvalue weighted by Crippen LogP contribution is -1.99. The summed E-state index contributed by atoms with van der Waals surface area (Å²) in [5, 5.41) is 0.325. The Balaban J connectivity index is 3.08. The van der Waals surface area contributed by atoms with Gasteiger partial charge in [-0.15, -0.1) is 11.8 Å². The topological polar surface area (TPSA) is 30.0 Å². The molecule has 5 heteroatoms. The van der Waals surface area contributed by atoms with Crippen molar-refractivity contribution < 1.29 is 4.79 Å². The molecular formula is C9H10ClNOS2. The molecular weight excluding hydrogens is 238 g/mol. The highest BCUT2D eigenvalue weighted by Crippen LogP contribution is 2.25. The Kier molecular flexibility index (Phi) is 4.78. The van der Waals surface area contributed by atoms with E-state index in [-0.39, 0.29) is 5.12 Å². The van der Waals surface area contributed by atoms with Gasteiger partial charge in [-0.05, 0) is 24.1 Å². The zero-order valence-corrected chi connectivity index (χ0v) is 10.3. The van der Waals surface area contributed by atoms with Crippen LogP contribution in [-0.4, -0.2) is 22.1 Å². The normalized spacial score (nSPS) is 10.2. The monoisotopic (exact) mass is 247 g/mol. The van der Waals surface area contributed by atoms with E-state index >= 15 is 0 Å². The molecule has 0 aliphatic carbocycles. The van der Waals surface area contributed by atoms with Crippen molar-refractivity contribution in [1.82, 2.24) is 4.98 Å². The number of nitrogens with zero attached hydrogens (tertiary/aromatic N) is 1. The van der Waals surface area contributed by atoms with E-state index in [0.29, 0.717) is 10.8 Å². The number of halogens is 1. The summed E-state index contributed by atoms with van der Waals surface area (Å²) in [5.41, 5.74) is 0.469. The number of rotatable bonds is 3. The standard InChI is InChI=1S/C9H10ClNOS2/c1-3-14-6-4-5-7(10)11-8(6)9(12)13-2/h4-5H,3H2,1-2H3. The third-order valence-electron chi connectivity index (χ3n) is 1.50. The van der Waals surface area contributed by atoms with Crippen LogP contribution in [0.15, 0.2) is 17.0 Å². The highest BCUT2D eigenvalue weighted by Gasteiger charge is 2.12. The van der Waals surface area contributed by atoms with Crippen LogP contribution in [0.3, 0.4) is 0 Å². The third kappa shape index (κ3) is 2.90. The van der Waals surface area contributed by atoms with Crippen molar-refractivity contribution in [2.24, 2.45) is 0 Å². The second-order valence-electron chi connectivity index (χ2n) is 2.41. The van der Waals surface area contributed by atoms with Crippen LogP contribution < -0.4 is 0 Å². The zero-order chi connectivity index (χ0) is 10.6. The van der Waals surface area contributed by atoms with Gasteiger partial charge in [-0.1, -0.05) is 30.3 Å². The van der Waals surface area contributed by atoms with E-state index in [1.165, 1.54) is 0 Å². The molecule has 1 heterocycles. The molecule has 0 amide bonds. The molecule has 1 aromatic rings. The predicted molar refractivity (Wildman–Crippen MR) is 63.5 cm³/mol. The van der Waals surface area contributed by atoms with E-state index in [1.807, 2.05) is 13.0 Å². The van der Waals surface area contributed by atoms with Crippen LogP contribution in [0.5, 0.6) is 0 Å². The van der Waals surface area contributed by atoms with Gasteiger partial charge in [-0.3, -0.25) is 4.79 Å². The smallest absolute Gasteiger partial charge is 0.238 e. The fourth-order valence-electron chi connectivity index (χ4n) is 0.937. The van der Waals surface area contributed by atoms with Crippen LogP contribution in [0.1, 0.15) is 17.4 Å². The van der Waals surface area contributed by atoms with Crippen LogP contribution in [0.4, 0.5) is 0 Å². The molecule has 0 aliphatic rings. The van der Waals surface area contributed by atoms with Crippen LogP contribution in [0, 0.1) is 0 Å². The zero-order valence-electron chi connectivity index (χ0n) is 7.91. The van der Waals surface area contributed by atoms with E-state index in [4.69, 9.17) is 11.6 Å². The first kappa shape index (κ1) is 11.9. The average Bonchev–Trinajstić information content (AvgIpc) is 2.20. The van der Waals surface area contributed by atoms with E-state index in [0.717, 1.165) is 22.4 Å². The van der Waals surface area contributed by atoms with Crippen molar-refractivity contribution in [3.05, 3.63) is 23.0 Å². The lowest BCUT2D eigenvalue weighted by molar-refractivity contribution is 0.108. The lowest BCUT2D eigenvalue weighted by Gasteiger charge is -2.04. The maximum absolute atomic E-state index is 11.5. The summed E-state index contributed by atoms with van der Waals surface area (Å²) in [4.78, 5) is 16.4. The molecule has 0 aliphatic heterocycles. The minimum atomic E-state index is -0.0385. The fraction of sp³-hybridized carbons (Fsp3) is 0.333. The number of pyridine rings is 1. The molecule has 1 rings (SSSR count). The summed E-state index contributed by atoms with van der Waals surface area (Å²) in [6.45, 7) is 2.03. The summed E-state index contributed by atoms with van der Waals surface area (Å²) in [7, 11) is 0. The second kappa shape index (κ2) is 5.63. The summed E-state index contributed by atoms with van der Waals surface area (Å²) >= 11 is 8.49. The molecule has 0 spiro atoms. The van der Waals surface area contributed by atoms with Crippen molar-refractivity contribution in [3.8, 4) is 0 Å². The molecule has 0 unspecified atom stereocenters. The largest absolute Gasteiger partial charge is 0.280 e. The van der Waals surface area contributed by atoms with Gasteiger partial charge in [0.1, 0.15) is 10.8 Å². The van der Waals surface area contributed by atoms with Crippen LogP contribution in [0.25, 0.3) is 0 Å². The minimum Gasteiger partial charge on any atom is -0.280 e. The molecule has 0 atom stereocenters. The summed E-state index contributed by atoms with van der Waals surface area (Å²) < 4.78 is 0. The Hall–Kier alpha value is -0.190. The number of carbonyl (C=O) groups is 1. The van der Waals surface area contributed by atoms with Crippen molar-refractivity contribution in [3.63, 3.8) is 0 Å². The Morgan fingerprint density at radius 2 is 2.29 bits per heavy atom. The van der Waals surface area contributed by atoms with Gasteiger partial charge in [0.05, 0.1) is 0 Å². The average molecular weight is 248 g/mol. The van der Waals surface area contributed by atoms with E-state index in [1.54, 1.807) is 24.1 Å². The molecule has 0 bridgehead atoms. The van der Waals surface area contributed by atoms with Gasteiger partial charge < -0.3 is 0 Å². The lowest BCUT2D eigenvalue weighted by atomic mass is 10.4. The molecule has 0 saturated carbocycles. The van der Waals surface area contributed by atoms with E-state index in [9.17, 15) is 4.79 Å². The number of hydrogen-bond acceptors (Lipinski definition) is 4. The highest BCUT2D eigenvalue weighted by molar-refractivity contribution is 8.13. The Morgan fingerprint density at radius 1 is 1.57 bits per heavy atom.